The topological polar surface area (TPSA) is 52.7 Å². The Bertz CT molecular complexity index is 516. The predicted molar refractivity (Wildman–Crippen MR) is 73.3 cm³/mol. The molecule has 1 aromatic heterocycles. The quantitative estimate of drug-likeness (QED) is 0.798. The molecule has 0 saturated carbocycles. The summed E-state index contributed by atoms with van der Waals surface area (Å²) >= 11 is 3.46. The van der Waals surface area contributed by atoms with Crippen molar-refractivity contribution in [3.05, 3.63) is 22.7 Å². The van der Waals surface area contributed by atoms with Crippen molar-refractivity contribution in [2.24, 2.45) is 0 Å². The zero-order valence-electron chi connectivity index (χ0n) is 9.46. The predicted octanol–water partition coefficient (Wildman–Crippen LogP) is 2.49. The normalized spacial score (nSPS) is 17.5. The SMILES string of the molecule is Brc1ccc2nc(NC3CCNCC3)[nH]c2c1. The Kier molecular flexibility index (Phi) is 3.03. The number of aromatic nitrogens is 2. The van der Waals surface area contributed by atoms with E-state index in [9.17, 15) is 0 Å². The number of anilines is 1. The van der Waals surface area contributed by atoms with Gasteiger partial charge in [0.05, 0.1) is 11.0 Å². The van der Waals surface area contributed by atoms with Gasteiger partial charge in [-0.05, 0) is 44.1 Å². The number of H-pyrrole nitrogens is 1. The van der Waals surface area contributed by atoms with Gasteiger partial charge < -0.3 is 15.6 Å². The highest BCUT2D eigenvalue weighted by Gasteiger charge is 2.14. The van der Waals surface area contributed by atoms with Gasteiger partial charge in [-0.25, -0.2) is 4.98 Å². The average molecular weight is 295 g/mol. The van der Waals surface area contributed by atoms with E-state index in [1.807, 2.05) is 12.1 Å². The van der Waals surface area contributed by atoms with Crippen molar-refractivity contribution in [1.82, 2.24) is 15.3 Å². The van der Waals surface area contributed by atoms with E-state index in [2.05, 4.69) is 42.6 Å². The van der Waals surface area contributed by atoms with E-state index < -0.39 is 0 Å². The van der Waals surface area contributed by atoms with Crippen molar-refractivity contribution in [3.63, 3.8) is 0 Å². The van der Waals surface area contributed by atoms with Gasteiger partial charge in [0.1, 0.15) is 0 Å². The van der Waals surface area contributed by atoms with Gasteiger partial charge in [0.15, 0.2) is 0 Å². The third kappa shape index (κ3) is 2.45. The first-order valence-electron chi connectivity index (χ1n) is 5.94. The van der Waals surface area contributed by atoms with E-state index in [0.29, 0.717) is 6.04 Å². The molecular weight excluding hydrogens is 280 g/mol. The number of hydrogen-bond donors (Lipinski definition) is 3. The molecule has 2 heterocycles. The van der Waals surface area contributed by atoms with Crippen LogP contribution in [0, 0.1) is 0 Å². The summed E-state index contributed by atoms with van der Waals surface area (Å²) in [7, 11) is 0. The molecule has 17 heavy (non-hydrogen) atoms. The van der Waals surface area contributed by atoms with Gasteiger partial charge in [-0.3, -0.25) is 0 Å². The second kappa shape index (κ2) is 4.66. The zero-order chi connectivity index (χ0) is 11.7. The first kappa shape index (κ1) is 11.0. The van der Waals surface area contributed by atoms with E-state index in [0.717, 1.165) is 47.4 Å². The summed E-state index contributed by atoms with van der Waals surface area (Å²) in [5.41, 5.74) is 2.07. The summed E-state index contributed by atoms with van der Waals surface area (Å²) in [6.45, 7) is 2.17. The lowest BCUT2D eigenvalue weighted by Crippen LogP contribution is -2.35. The van der Waals surface area contributed by atoms with Crippen molar-refractivity contribution >= 4 is 32.9 Å². The van der Waals surface area contributed by atoms with Crippen LogP contribution in [-0.2, 0) is 0 Å². The Morgan fingerprint density at radius 3 is 2.94 bits per heavy atom. The van der Waals surface area contributed by atoms with Crippen LogP contribution in [0.1, 0.15) is 12.8 Å². The van der Waals surface area contributed by atoms with Gasteiger partial charge in [-0.15, -0.1) is 0 Å². The molecule has 2 aromatic rings. The molecule has 0 unspecified atom stereocenters. The molecule has 0 bridgehead atoms. The number of piperidine rings is 1. The molecule has 0 radical (unpaired) electrons. The standard InChI is InChI=1S/C12H15BrN4/c13-8-1-2-10-11(7-8)17-12(16-10)15-9-3-5-14-6-4-9/h1-2,7,9,14H,3-6H2,(H2,15,16,17). The van der Waals surface area contributed by atoms with Crippen molar-refractivity contribution in [1.29, 1.82) is 0 Å². The van der Waals surface area contributed by atoms with Crippen molar-refractivity contribution in [2.75, 3.05) is 18.4 Å². The van der Waals surface area contributed by atoms with Crippen LogP contribution in [0.2, 0.25) is 0 Å². The average Bonchev–Trinajstić information content (AvgIpc) is 2.71. The Morgan fingerprint density at radius 2 is 2.12 bits per heavy atom. The number of rotatable bonds is 2. The van der Waals surface area contributed by atoms with Crippen molar-refractivity contribution in [3.8, 4) is 0 Å². The molecular formula is C12H15BrN4. The Balaban J connectivity index is 1.80. The second-order valence-electron chi connectivity index (χ2n) is 4.42. The molecule has 1 saturated heterocycles. The molecule has 1 aromatic carbocycles. The number of nitrogens with zero attached hydrogens (tertiary/aromatic N) is 1. The van der Waals surface area contributed by atoms with Gasteiger partial charge in [0.25, 0.3) is 0 Å². The summed E-state index contributed by atoms with van der Waals surface area (Å²) in [6.07, 6.45) is 2.31. The van der Waals surface area contributed by atoms with E-state index >= 15 is 0 Å². The van der Waals surface area contributed by atoms with Crippen LogP contribution in [0.5, 0.6) is 0 Å². The Hall–Kier alpha value is -1.07. The first-order valence-corrected chi connectivity index (χ1v) is 6.73. The number of aromatic amines is 1. The van der Waals surface area contributed by atoms with E-state index in [4.69, 9.17) is 0 Å². The lowest BCUT2D eigenvalue weighted by Gasteiger charge is -2.23. The highest BCUT2D eigenvalue weighted by atomic mass is 79.9. The molecule has 0 amide bonds. The van der Waals surface area contributed by atoms with Crippen molar-refractivity contribution < 1.29 is 0 Å². The molecule has 3 N–H and O–H groups in total. The highest BCUT2D eigenvalue weighted by Crippen LogP contribution is 2.20. The fraction of sp³-hybridized carbons (Fsp3) is 0.417. The fourth-order valence-corrected chi connectivity index (χ4v) is 2.57. The molecule has 0 spiro atoms. The third-order valence-corrected chi connectivity index (χ3v) is 3.62. The zero-order valence-corrected chi connectivity index (χ0v) is 11.0. The van der Waals surface area contributed by atoms with Crippen molar-refractivity contribution in [2.45, 2.75) is 18.9 Å². The second-order valence-corrected chi connectivity index (χ2v) is 5.33. The monoisotopic (exact) mass is 294 g/mol. The van der Waals surface area contributed by atoms with E-state index in [1.165, 1.54) is 0 Å². The molecule has 4 nitrogen and oxygen atoms in total. The number of fused-ring (bicyclic) bond motifs is 1. The minimum absolute atomic E-state index is 0.528. The third-order valence-electron chi connectivity index (χ3n) is 3.12. The van der Waals surface area contributed by atoms with Crippen LogP contribution in [-0.4, -0.2) is 29.1 Å². The summed E-state index contributed by atoms with van der Waals surface area (Å²) in [5, 5.41) is 6.83. The number of imidazole rings is 1. The van der Waals surface area contributed by atoms with Gasteiger partial charge in [-0.2, -0.15) is 0 Å². The maximum absolute atomic E-state index is 4.54. The smallest absolute Gasteiger partial charge is 0.201 e. The van der Waals surface area contributed by atoms with Gasteiger partial charge in [-0.1, -0.05) is 15.9 Å². The molecule has 90 valence electrons. The minimum atomic E-state index is 0.528. The van der Waals surface area contributed by atoms with Crippen LogP contribution >= 0.6 is 15.9 Å². The largest absolute Gasteiger partial charge is 0.353 e. The Morgan fingerprint density at radius 1 is 1.29 bits per heavy atom. The lowest BCUT2D eigenvalue weighted by atomic mass is 10.1. The molecule has 5 heteroatoms. The minimum Gasteiger partial charge on any atom is -0.353 e. The molecule has 1 fully saturated rings. The van der Waals surface area contributed by atoms with Crippen LogP contribution < -0.4 is 10.6 Å². The number of nitrogens with one attached hydrogen (secondary N) is 3. The molecule has 0 atom stereocenters. The van der Waals surface area contributed by atoms with E-state index in [1.54, 1.807) is 0 Å². The van der Waals surface area contributed by atoms with Gasteiger partial charge in [0.2, 0.25) is 5.95 Å². The Labute approximate surface area is 108 Å². The van der Waals surface area contributed by atoms with Crippen LogP contribution in [0.15, 0.2) is 22.7 Å². The van der Waals surface area contributed by atoms with Crippen LogP contribution in [0.3, 0.4) is 0 Å². The van der Waals surface area contributed by atoms with Crippen LogP contribution in [0.4, 0.5) is 5.95 Å². The number of hydrogen-bond acceptors (Lipinski definition) is 3. The highest BCUT2D eigenvalue weighted by molar-refractivity contribution is 9.10. The summed E-state index contributed by atoms with van der Waals surface area (Å²) in [6, 6.07) is 6.61. The number of benzene rings is 1. The van der Waals surface area contributed by atoms with Crippen LogP contribution in [0.25, 0.3) is 11.0 Å². The van der Waals surface area contributed by atoms with Gasteiger partial charge in [0, 0.05) is 10.5 Å². The van der Waals surface area contributed by atoms with Gasteiger partial charge >= 0.3 is 0 Å². The van der Waals surface area contributed by atoms with E-state index in [-0.39, 0.29) is 0 Å². The molecule has 0 aliphatic carbocycles. The first-order chi connectivity index (χ1) is 8.31. The maximum atomic E-state index is 4.54. The lowest BCUT2D eigenvalue weighted by molar-refractivity contribution is 0.477. The molecule has 1 aliphatic heterocycles. The maximum Gasteiger partial charge on any atom is 0.201 e. The molecule has 3 rings (SSSR count). The molecule has 1 aliphatic rings. The summed E-state index contributed by atoms with van der Waals surface area (Å²) in [4.78, 5) is 7.85. The summed E-state index contributed by atoms with van der Waals surface area (Å²) in [5.74, 6) is 0.880. The number of halogens is 1. The fourth-order valence-electron chi connectivity index (χ4n) is 2.21. The summed E-state index contributed by atoms with van der Waals surface area (Å²) < 4.78 is 1.07.